The van der Waals surface area contributed by atoms with Gasteiger partial charge in [-0.15, -0.1) is 0 Å². The Labute approximate surface area is 122 Å². The Hall–Kier alpha value is -1.55. The van der Waals surface area contributed by atoms with Gasteiger partial charge in [0.05, 0.1) is 30.3 Å². The van der Waals surface area contributed by atoms with Gasteiger partial charge in [0.2, 0.25) is 0 Å². The van der Waals surface area contributed by atoms with Crippen molar-refractivity contribution < 1.29 is 25.0 Å². The van der Waals surface area contributed by atoms with Crippen LogP contribution in [0, 0.1) is 10.1 Å². The molecular weight excluding hydrogens is 336 g/mol. The van der Waals surface area contributed by atoms with E-state index < -0.39 is 36.2 Å². The predicted molar refractivity (Wildman–Crippen MR) is 72.3 cm³/mol. The van der Waals surface area contributed by atoms with Crippen molar-refractivity contribution in [2.24, 2.45) is 0 Å². The van der Waals surface area contributed by atoms with Gasteiger partial charge in [-0.2, -0.15) is 0 Å². The highest BCUT2D eigenvalue weighted by atomic mass is 79.9. The summed E-state index contributed by atoms with van der Waals surface area (Å²) in [5.41, 5.74) is -1.92. The highest BCUT2D eigenvalue weighted by Crippen LogP contribution is 2.23. The lowest BCUT2D eigenvalue weighted by molar-refractivity contribution is -0.384. The van der Waals surface area contributed by atoms with Crippen molar-refractivity contribution in [1.29, 1.82) is 0 Å². The number of nitro benzene ring substituents is 1. The molecule has 9 heteroatoms. The van der Waals surface area contributed by atoms with Crippen molar-refractivity contribution in [2.45, 2.75) is 5.54 Å². The lowest BCUT2D eigenvalue weighted by atomic mass is 10.0. The van der Waals surface area contributed by atoms with Crippen LogP contribution in [0.15, 0.2) is 22.7 Å². The largest absolute Gasteiger partial charge is 0.394 e. The Morgan fingerprint density at radius 3 is 2.30 bits per heavy atom. The van der Waals surface area contributed by atoms with Crippen molar-refractivity contribution in [2.75, 3.05) is 19.8 Å². The van der Waals surface area contributed by atoms with Gasteiger partial charge in [0, 0.05) is 16.6 Å². The van der Waals surface area contributed by atoms with Crippen LogP contribution < -0.4 is 5.32 Å². The number of hydrogen-bond acceptors (Lipinski definition) is 6. The minimum Gasteiger partial charge on any atom is -0.394 e. The van der Waals surface area contributed by atoms with E-state index in [-0.39, 0.29) is 11.3 Å². The molecule has 0 aliphatic carbocycles. The number of nitro groups is 1. The van der Waals surface area contributed by atoms with Crippen LogP contribution in [0.2, 0.25) is 0 Å². The van der Waals surface area contributed by atoms with E-state index in [2.05, 4.69) is 21.2 Å². The second-order valence-corrected chi connectivity index (χ2v) is 4.98. The van der Waals surface area contributed by atoms with Crippen molar-refractivity contribution in [3.05, 3.63) is 38.3 Å². The lowest BCUT2D eigenvalue weighted by Gasteiger charge is -2.28. The summed E-state index contributed by atoms with van der Waals surface area (Å²) in [7, 11) is 0. The molecule has 1 amide bonds. The molecule has 0 aliphatic rings. The van der Waals surface area contributed by atoms with Gasteiger partial charge >= 0.3 is 0 Å². The number of halogens is 1. The van der Waals surface area contributed by atoms with E-state index in [1.165, 1.54) is 12.1 Å². The van der Waals surface area contributed by atoms with Crippen LogP contribution in [0.5, 0.6) is 0 Å². The zero-order valence-corrected chi connectivity index (χ0v) is 11.8. The maximum Gasteiger partial charge on any atom is 0.270 e. The molecule has 0 fully saturated rings. The Kier molecular flexibility index (Phi) is 5.57. The molecule has 0 radical (unpaired) electrons. The summed E-state index contributed by atoms with van der Waals surface area (Å²) in [6.07, 6.45) is 0. The SMILES string of the molecule is O=C(NC(CO)(CO)CO)c1cc([N+](=O)[O-])ccc1Br. The number of carbonyl (C=O) groups excluding carboxylic acids is 1. The molecule has 8 nitrogen and oxygen atoms in total. The molecule has 0 atom stereocenters. The number of rotatable bonds is 6. The molecule has 1 aromatic rings. The molecule has 1 aromatic carbocycles. The Morgan fingerprint density at radius 1 is 1.30 bits per heavy atom. The number of non-ortho nitro benzene ring substituents is 1. The van der Waals surface area contributed by atoms with Crippen LogP contribution in [0.4, 0.5) is 5.69 Å². The normalized spacial score (nSPS) is 11.2. The molecule has 0 saturated heterocycles. The zero-order valence-electron chi connectivity index (χ0n) is 10.2. The summed E-state index contributed by atoms with van der Waals surface area (Å²) in [6.45, 7) is -2.05. The van der Waals surface area contributed by atoms with Crippen LogP contribution in [0.3, 0.4) is 0 Å². The number of nitrogens with one attached hydrogen (secondary N) is 1. The van der Waals surface area contributed by atoms with Crippen LogP contribution in [0.25, 0.3) is 0 Å². The number of nitrogens with zero attached hydrogens (tertiary/aromatic N) is 1. The molecule has 110 valence electrons. The maximum atomic E-state index is 12.0. The van der Waals surface area contributed by atoms with Crippen LogP contribution in [-0.2, 0) is 0 Å². The summed E-state index contributed by atoms with van der Waals surface area (Å²) in [5.74, 6) is -0.766. The first-order valence-electron chi connectivity index (χ1n) is 5.48. The summed E-state index contributed by atoms with van der Waals surface area (Å²) in [5, 5.41) is 40.3. The van der Waals surface area contributed by atoms with E-state index in [0.717, 1.165) is 6.07 Å². The molecule has 4 N–H and O–H groups in total. The van der Waals surface area contributed by atoms with E-state index in [1.807, 2.05) is 0 Å². The van der Waals surface area contributed by atoms with Gasteiger partial charge in [0.25, 0.3) is 11.6 Å². The topological polar surface area (TPSA) is 133 Å². The van der Waals surface area contributed by atoms with Crippen LogP contribution in [0.1, 0.15) is 10.4 Å². The smallest absolute Gasteiger partial charge is 0.270 e. The number of benzene rings is 1. The van der Waals surface area contributed by atoms with Gasteiger partial charge in [0.15, 0.2) is 0 Å². The average Bonchev–Trinajstić information content (AvgIpc) is 2.45. The lowest BCUT2D eigenvalue weighted by Crippen LogP contribution is -2.57. The van der Waals surface area contributed by atoms with Crippen molar-refractivity contribution >= 4 is 27.5 Å². The second-order valence-electron chi connectivity index (χ2n) is 4.13. The predicted octanol–water partition coefficient (Wildman–Crippen LogP) is -0.197. The quantitative estimate of drug-likeness (QED) is 0.415. The first-order chi connectivity index (χ1) is 9.39. The Bertz CT molecular complexity index is 509. The molecule has 0 aromatic heterocycles. The fourth-order valence-corrected chi connectivity index (χ4v) is 1.80. The highest BCUT2D eigenvalue weighted by molar-refractivity contribution is 9.10. The second kappa shape index (κ2) is 6.75. The molecule has 0 bridgehead atoms. The van der Waals surface area contributed by atoms with Crippen molar-refractivity contribution in [3.8, 4) is 0 Å². The number of aliphatic hydroxyl groups is 3. The molecule has 0 aliphatic heterocycles. The first kappa shape index (κ1) is 16.5. The van der Waals surface area contributed by atoms with Crippen LogP contribution >= 0.6 is 15.9 Å². The molecular formula is C11H13BrN2O6. The fourth-order valence-electron chi connectivity index (χ4n) is 1.38. The number of carbonyl (C=O) groups is 1. The highest BCUT2D eigenvalue weighted by Gasteiger charge is 2.31. The van der Waals surface area contributed by atoms with Crippen molar-refractivity contribution in [3.63, 3.8) is 0 Å². The molecule has 0 unspecified atom stereocenters. The Morgan fingerprint density at radius 2 is 1.85 bits per heavy atom. The molecule has 1 rings (SSSR count). The van der Waals surface area contributed by atoms with Gasteiger partial charge in [-0.3, -0.25) is 14.9 Å². The van der Waals surface area contributed by atoms with Crippen molar-refractivity contribution in [1.82, 2.24) is 5.32 Å². The van der Waals surface area contributed by atoms with Gasteiger partial charge < -0.3 is 20.6 Å². The number of hydrogen-bond donors (Lipinski definition) is 4. The van der Waals surface area contributed by atoms with Crippen LogP contribution in [-0.4, -0.2) is 51.5 Å². The molecule has 0 heterocycles. The van der Waals surface area contributed by atoms with Gasteiger partial charge in [-0.1, -0.05) is 0 Å². The molecule has 20 heavy (non-hydrogen) atoms. The molecule has 0 saturated carbocycles. The fraction of sp³-hybridized carbons (Fsp3) is 0.364. The van der Waals surface area contributed by atoms with E-state index in [4.69, 9.17) is 15.3 Å². The van der Waals surface area contributed by atoms with Gasteiger partial charge in [-0.25, -0.2) is 0 Å². The molecule has 0 spiro atoms. The Balaban J connectivity index is 3.08. The monoisotopic (exact) mass is 348 g/mol. The van der Waals surface area contributed by atoms with E-state index in [0.29, 0.717) is 4.47 Å². The minimum absolute atomic E-state index is 0.0427. The third kappa shape index (κ3) is 3.51. The van der Waals surface area contributed by atoms with Gasteiger partial charge in [0.1, 0.15) is 5.54 Å². The standard InChI is InChI=1S/C11H13BrN2O6/c12-9-2-1-7(14(19)20)3-8(9)10(18)13-11(4-15,5-16)6-17/h1-3,15-17H,4-6H2,(H,13,18). The maximum absolute atomic E-state index is 12.0. The van der Waals surface area contributed by atoms with E-state index in [9.17, 15) is 14.9 Å². The third-order valence-corrected chi connectivity index (χ3v) is 3.38. The first-order valence-corrected chi connectivity index (χ1v) is 6.27. The zero-order chi connectivity index (χ0) is 15.3. The minimum atomic E-state index is -1.60. The summed E-state index contributed by atoms with van der Waals surface area (Å²) < 4.78 is 0.309. The number of amides is 1. The summed E-state index contributed by atoms with van der Waals surface area (Å²) >= 11 is 3.08. The average molecular weight is 349 g/mol. The summed E-state index contributed by atoms with van der Waals surface area (Å²) in [6, 6.07) is 3.61. The van der Waals surface area contributed by atoms with E-state index >= 15 is 0 Å². The summed E-state index contributed by atoms with van der Waals surface area (Å²) in [4.78, 5) is 22.1. The van der Waals surface area contributed by atoms with Gasteiger partial charge in [-0.05, 0) is 22.0 Å². The third-order valence-electron chi connectivity index (χ3n) is 2.69. The number of aliphatic hydroxyl groups excluding tert-OH is 3. The van der Waals surface area contributed by atoms with E-state index in [1.54, 1.807) is 0 Å².